The molecule has 3 heterocycles. The van der Waals surface area contributed by atoms with Crippen LogP contribution < -0.4 is 15.4 Å². The van der Waals surface area contributed by atoms with Crippen molar-refractivity contribution in [1.29, 1.82) is 0 Å². The fourth-order valence-corrected chi connectivity index (χ4v) is 2.38. The predicted octanol–water partition coefficient (Wildman–Crippen LogP) is 3.35. The van der Waals surface area contributed by atoms with Gasteiger partial charge in [0.15, 0.2) is 0 Å². The Hall–Kier alpha value is -3.83. The Morgan fingerprint density at radius 2 is 2.03 bits per heavy atom. The van der Waals surface area contributed by atoms with Crippen LogP contribution in [-0.2, 0) is 0 Å². The third kappa shape index (κ3) is 5.12. The number of rotatable bonds is 8. The molecule has 0 unspecified atom stereocenters. The van der Waals surface area contributed by atoms with Gasteiger partial charge in [0.25, 0.3) is 0 Å². The summed E-state index contributed by atoms with van der Waals surface area (Å²) in [6.07, 6.45) is 2.12. The molecule has 0 amide bonds. The van der Waals surface area contributed by atoms with Gasteiger partial charge in [-0.2, -0.15) is 4.98 Å². The number of nitrogens with one attached hydrogen (secondary N) is 3. The summed E-state index contributed by atoms with van der Waals surface area (Å²) in [5.41, 5.74) is 0.246. The molecule has 29 heavy (non-hydrogen) atoms. The lowest BCUT2D eigenvalue weighted by Crippen LogP contribution is -2.12. The molecule has 0 fully saturated rings. The van der Waals surface area contributed by atoms with Crippen molar-refractivity contribution in [2.24, 2.45) is 0 Å². The summed E-state index contributed by atoms with van der Waals surface area (Å²) < 4.78 is 18.5. The zero-order valence-electron chi connectivity index (χ0n) is 15.9. The van der Waals surface area contributed by atoms with Crippen molar-refractivity contribution < 1.29 is 14.1 Å². The van der Waals surface area contributed by atoms with E-state index in [1.165, 1.54) is 12.1 Å². The van der Waals surface area contributed by atoms with Crippen LogP contribution in [0.25, 0.3) is 0 Å². The van der Waals surface area contributed by atoms with Crippen LogP contribution >= 0.6 is 0 Å². The number of ether oxygens (including phenoxy) is 1. The third-order valence-corrected chi connectivity index (χ3v) is 3.67. The molecular formula is C17H19FN8O3. The second kappa shape index (κ2) is 8.46. The first kappa shape index (κ1) is 19.9. The van der Waals surface area contributed by atoms with E-state index in [-0.39, 0.29) is 29.6 Å². The first-order valence-corrected chi connectivity index (χ1v) is 8.70. The molecule has 0 bridgehead atoms. The molecule has 0 saturated heterocycles. The van der Waals surface area contributed by atoms with Gasteiger partial charge >= 0.3 is 5.69 Å². The number of hydrogen-bond donors (Lipinski definition) is 3. The van der Waals surface area contributed by atoms with Crippen LogP contribution in [0.3, 0.4) is 0 Å². The molecule has 152 valence electrons. The Morgan fingerprint density at radius 3 is 2.69 bits per heavy atom. The molecule has 0 spiro atoms. The van der Waals surface area contributed by atoms with Gasteiger partial charge in [-0.15, -0.1) is 5.10 Å². The van der Waals surface area contributed by atoms with E-state index in [4.69, 9.17) is 4.74 Å². The van der Waals surface area contributed by atoms with Gasteiger partial charge in [-0.3, -0.25) is 20.2 Å². The van der Waals surface area contributed by atoms with E-state index in [0.717, 1.165) is 12.4 Å². The Morgan fingerprint density at radius 1 is 1.24 bits per heavy atom. The van der Waals surface area contributed by atoms with Gasteiger partial charge in [-0.1, -0.05) is 0 Å². The van der Waals surface area contributed by atoms with E-state index in [9.17, 15) is 14.5 Å². The molecule has 0 aliphatic carbocycles. The van der Waals surface area contributed by atoms with E-state index in [2.05, 4.69) is 35.8 Å². The van der Waals surface area contributed by atoms with Gasteiger partial charge in [0.2, 0.25) is 17.6 Å². The van der Waals surface area contributed by atoms with Crippen LogP contribution in [0.1, 0.15) is 32.5 Å². The number of nitro groups is 1. The Labute approximate surface area is 164 Å². The smallest absolute Gasteiger partial charge is 0.330 e. The summed E-state index contributed by atoms with van der Waals surface area (Å²) in [5, 5.41) is 23.8. The predicted molar refractivity (Wildman–Crippen MR) is 103 cm³/mol. The average Bonchev–Trinajstić information content (AvgIpc) is 3.08. The number of H-pyrrole nitrogens is 1. The topological polar surface area (TPSA) is 144 Å². The molecule has 12 heteroatoms. The summed E-state index contributed by atoms with van der Waals surface area (Å²) in [5.74, 6) is 0.357. The molecule has 3 rings (SSSR count). The van der Waals surface area contributed by atoms with Crippen LogP contribution in [-0.4, -0.2) is 36.2 Å². The molecule has 3 aromatic heterocycles. The highest BCUT2D eigenvalue weighted by Crippen LogP contribution is 2.27. The van der Waals surface area contributed by atoms with Gasteiger partial charge in [-0.25, -0.2) is 9.37 Å². The van der Waals surface area contributed by atoms with Crippen molar-refractivity contribution >= 4 is 23.3 Å². The van der Waals surface area contributed by atoms with Crippen LogP contribution in [0.15, 0.2) is 30.6 Å². The first-order valence-electron chi connectivity index (χ1n) is 8.70. The summed E-state index contributed by atoms with van der Waals surface area (Å²) >= 11 is 0. The van der Waals surface area contributed by atoms with Crippen molar-refractivity contribution in [2.45, 2.75) is 32.9 Å². The molecular weight excluding hydrogens is 383 g/mol. The van der Waals surface area contributed by atoms with E-state index < -0.39 is 10.7 Å². The van der Waals surface area contributed by atoms with Gasteiger partial charge < -0.3 is 15.4 Å². The van der Waals surface area contributed by atoms with E-state index in [1.807, 2.05) is 13.8 Å². The molecule has 1 atom stereocenters. The highest BCUT2D eigenvalue weighted by molar-refractivity contribution is 5.64. The Kier molecular flexibility index (Phi) is 5.81. The lowest BCUT2D eigenvalue weighted by molar-refractivity contribution is -0.384. The van der Waals surface area contributed by atoms with Crippen LogP contribution in [0.5, 0.6) is 5.88 Å². The molecule has 0 saturated carbocycles. The van der Waals surface area contributed by atoms with E-state index in [1.54, 1.807) is 13.0 Å². The molecule has 0 aromatic carbocycles. The van der Waals surface area contributed by atoms with Gasteiger partial charge in [0.05, 0.1) is 29.0 Å². The molecule has 0 radical (unpaired) electrons. The summed E-state index contributed by atoms with van der Waals surface area (Å²) in [6, 6.07) is 4.02. The monoisotopic (exact) mass is 402 g/mol. The normalized spacial score (nSPS) is 11.9. The Balaban J connectivity index is 1.81. The minimum absolute atomic E-state index is 0.0356. The second-order valence-electron chi connectivity index (χ2n) is 6.36. The lowest BCUT2D eigenvalue weighted by Gasteiger charge is -2.14. The van der Waals surface area contributed by atoms with Crippen molar-refractivity contribution in [3.05, 3.63) is 52.2 Å². The standard InChI is InChI=1S/C17H19FN8O3/c1-9(2)29-15-6-14(24-25-15)22-16-13(26(27)28)8-20-17(23-16)21-10(3)12-5-4-11(18)7-19-12/h4-10H,1-3H3,(H3,20,21,22,23,24,25)/t10-/m0/s1. The number of hydrogen-bond acceptors (Lipinski definition) is 9. The maximum atomic E-state index is 13.0. The second-order valence-corrected chi connectivity index (χ2v) is 6.36. The van der Waals surface area contributed by atoms with Gasteiger partial charge in [-0.05, 0) is 32.9 Å². The minimum atomic E-state index is -0.598. The fourth-order valence-electron chi connectivity index (χ4n) is 2.38. The molecule has 3 aromatic rings. The fraction of sp³-hybridized carbons (Fsp3) is 0.294. The number of halogens is 1. The SMILES string of the molecule is CC(C)Oc1cc(Nc2nc(N[C@@H](C)c3ccc(F)cn3)ncc2[N+](=O)[O-])[nH]n1. The highest BCUT2D eigenvalue weighted by atomic mass is 19.1. The first-order chi connectivity index (χ1) is 13.8. The van der Waals surface area contributed by atoms with Crippen LogP contribution in [0, 0.1) is 15.9 Å². The van der Waals surface area contributed by atoms with E-state index in [0.29, 0.717) is 17.4 Å². The summed E-state index contributed by atoms with van der Waals surface area (Å²) in [6.45, 7) is 5.49. The summed E-state index contributed by atoms with van der Waals surface area (Å²) in [4.78, 5) is 22.9. The highest BCUT2D eigenvalue weighted by Gasteiger charge is 2.20. The van der Waals surface area contributed by atoms with Crippen molar-refractivity contribution in [3.63, 3.8) is 0 Å². The number of nitrogens with zero attached hydrogens (tertiary/aromatic N) is 5. The number of anilines is 3. The summed E-state index contributed by atoms with van der Waals surface area (Å²) in [7, 11) is 0. The molecule has 3 N–H and O–H groups in total. The van der Waals surface area contributed by atoms with Crippen LogP contribution in [0.2, 0.25) is 0 Å². The largest absolute Gasteiger partial charge is 0.474 e. The van der Waals surface area contributed by atoms with Crippen LogP contribution in [0.4, 0.5) is 27.7 Å². The zero-order valence-corrected chi connectivity index (χ0v) is 15.9. The van der Waals surface area contributed by atoms with Crippen molar-refractivity contribution in [2.75, 3.05) is 10.6 Å². The molecule has 11 nitrogen and oxygen atoms in total. The van der Waals surface area contributed by atoms with Crippen molar-refractivity contribution in [1.82, 2.24) is 25.1 Å². The number of pyridine rings is 1. The third-order valence-electron chi connectivity index (χ3n) is 3.67. The van der Waals surface area contributed by atoms with Gasteiger partial charge in [0.1, 0.15) is 17.8 Å². The number of aromatic amines is 1. The molecule has 0 aliphatic heterocycles. The quantitative estimate of drug-likeness (QED) is 0.381. The molecule has 0 aliphatic rings. The average molecular weight is 402 g/mol. The maximum absolute atomic E-state index is 13.0. The zero-order chi connectivity index (χ0) is 21.0. The lowest BCUT2D eigenvalue weighted by atomic mass is 10.2. The number of aromatic nitrogens is 5. The van der Waals surface area contributed by atoms with Gasteiger partial charge in [0, 0.05) is 6.07 Å². The minimum Gasteiger partial charge on any atom is -0.474 e. The maximum Gasteiger partial charge on any atom is 0.330 e. The van der Waals surface area contributed by atoms with E-state index >= 15 is 0 Å². The Bertz CT molecular complexity index is 993. The van der Waals surface area contributed by atoms with Crippen molar-refractivity contribution in [3.8, 4) is 5.88 Å².